The average Bonchev–Trinajstić information content (AvgIpc) is 2.78. The van der Waals surface area contributed by atoms with Gasteiger partial charge in [-0.3, -0.25) is 14.5 Å². The minimum atomic E-state index is -0.225. The van der Waals surface area contributed by atoms with Crippen molar-refractivity contribution in [3.8, 4) is 5.75 Å². The first-order chi connectivity index (χ1) is 14.9. The van der Waals surface area contributed by atoms with E-state index in [-0.39, 0.29) is 24.0 Å². The van der Waals surface area contributed by atoms with Crippen LogP contribution in [0.5, 0.6) is 5.75 Å². The van der Waals surface area contributed by atoms with Crippen LogP contribution in [-0.4, -0.2) is 60.9 Å². The largest absolute Gasteiger partial charge is 0.484 e. The van der Waals surface area contributed by atoms with Crippen molar-refractivity contribution in [1.82, 2.24) is 15.1 Å². The second-order valence-electron chi connectivity index (χ2n) is 7.61. The highest BCUT2D eigenvalue weighted by molar-refractivity contribution is 6.30. The normalized spacial score (nSPS) is 17.6. The molecule has 2 aromatic rings. The third-order valence-electron chi connectivity index (χ3n) is 5.46. The summed E-state index contributed by atoms with van der Waals surface area (Å²) in [5.74, 6) is 0.511. The number of nitrogens with zero attached hydrogens (tertiary/aromatic N) is 2. The molecular formula is C24H28ClN3O3. The Morgan fingerprint density at radius 1 is 1.19 bits per heavy atom. The molecule has 2 aromatic carbocycles. The number of ether oxygens (including phenoxy) is 1. The van der Waals surface area contributed by atoms with E-state index in [1.807, 2.05) is 36.1 Å². The highest BCUT2D eigenvalue weighted by Crippen LogP contribution is 2.26. The van der Waals surface area contributed by atoms with Crippen molar-refractivity contribution in [3.05, 3.63) is 77.3 Å². The second-order valence-corrected chi connectivity index (χ2v) is 8.04. The summed E-state index contributed by atoms with van der Waals surface area (Å²) in [6, 6.07) is 14.8. The smallest absolute Gasteiger partial charge is 0.251 e. The SMILES string of the molecule is C=CC(=O)N1CCN(C[C@H](Oc2ccc(C(=O)NC)cc2)c2ccc(Cl)cc2)C[C@H]1C. The van der Waals surface area contributed by atoms with Gasteiger partial charge in [0.15, 0.2) is 0 Å². The average molecular weight is 442 g/mol. The Bertz CT molecular complexity index is 915. The molecule has 2 amide bonds. The summed E-state index contributed by atoms with van der Waals surface area (Å²) >= 11 is 6.07. The van der Waals surface area contributed by atoms with Gasteiger partial charge in [0.25, 0.3) is 5.91 Å². The van der Waals surface area contributed by atoms with E-state index in [4.69, 9.17) is 16.3 Å². The van der Waals surface area contributed by atoms with Gasteiger partial charge in [0.2, 0.25) is 5.91 Å². The van der Waals surface area contributed by atoms with Gasteiger partial charge in [-0.1, -0.05) is 30.3 Å². The predicted molar refractivity (Wildman–Crippen MR) is 122 cm³/mol. The summed E-state index contributed by atoms with van der Waals surface area (Å²) in [4.78, 5) is 28.0. The maximum atomic E-state index is 12.0. The molecule has 1 aliphatic heterocycles. The maximum Gasteiger partial charge on any atom is 0.251 e. The number of benzene rings is 2. The Balaban J connectivity index is 1.75. The summed E-state index contributed by atoms with van der Waals surface area (Å²) in [7, 11) is 1.60. The summed E-state index contributed by atoms with van der Waals surface area (Å²) in [6.45, 7) is 8.47. The van der Waals surface area contributed by atoms with Crippen LogP contribution in [0.3, 0.4) is 0 Å². The van der Waals surface area contributed by atoms with Gasteiger partial charge in [0.1, 0.15) is 11.9 Å². The molecule has 3 rings (SSSR count). The molecule has 1 saturated heterocycles. The van der Waals surface area contributed by atoms with E-state index in [2.05, 4.69) is 16.8 Å². The molecule has 0 aromatic heterocycles. The Morgan fingerprint density at radius 3 is 2.45 bits per heavy atom. The van der Waals surface area contributed by atoms with E-state index in [1.54, 1.807) is 31.3 Å². The highest BCUT2D eigenvalue weighted by atomic mass is 35.5. The number of rotatable bonds is 7. The number of halogens is 1. The molecule has 6 nitrogen and oxygen atoms in total. The van der Waals surface area contributed by atoms with Crippen LogP contribution in [0.15, 0.2) is 61.2 Å². The van der Waals surface area contributed by atoms with Gasteiger partial charge in [0, 0.05) is 49.9 Å². The molecule has 1 fully saturated rings. The number of hydrogen-bond acceptors (Lipinski definition) is 4. The topological polar surface area (TPSA) is 61.9 Å². The van der Waals surface area contributed by atoms with Crippen LogP contribution in [0.25, 0.3) is 0 Å². The summed E-state index contributed by atoms with van der Waals surface area (Å²) < 4.78 is 6.33. The molecule has 0 aliphatic carbocycles. The zero-order chi connectivity index (χ0) is 22.4. The van der Waals surface area contributed by atoms with Crippen LogP contribution in [0.1, 0.15) is 28.9 Å². The molecule has 2 atom stereocenters. The fourth-order valence-corrected chi connectivity index (χ4v) is 3.89. The minimum absolute atomic E-state index is 0.0335. The van der Waals surface area contributed by atoms with Crippen molar-refractivity contribution >= 4 is 23.4 Å². The van der Waals surface area contributed by atoms with Crippen molar-refractivity contribution in [3.63, 3.8) is 0 Å². The number of carbonyl (C=O) groups excluding carboxylic acids is 2. The zero-order valence-electron chi connectivity index (χ0n) is 17.9. The van der Waals surface area contributed by atoms with E-state index in [1.165, 1.54) is 6.08 Å². The maximum absolute atomic E-state index is 12.0. The van der Waals surface area contributed by atoms with Gasteiger partial charge >= 0.3 is 0 Å². The quantitative estimate of drug-likeness (QED) is 0.667. The van der Waals surface area contributed by atoms with E-state index in [0.29, 0.717) is 29.4 Å². The van der Waals surface area contributed by atoms with Crippen LogP contribution in [-0.2, 0) is 4.79 Å². The van der Waals surface area contributed by atoms with Gasteiger partial charge in [-0.15, -0.1) is 0 Å². The molecule has 1 aliphatic rings. The van der Waals surface area contributed by atoms with Gasteiger partial charge in [0.05, 0.1) is 0 Å². The molecule has 0 radical (unpaired) electrons. The Labute approximate surface area is 188 Å². The molecule has 1 heterocycles. The number of piperazine rings is 1. The van der Waals surface area contributed by atoms with Gasteiger partial charge in [-0.25, -0.2) is 0 Å². The summed E-state index contributed by atoms with van der Waals surface area (Å²) in [5.41, 5.74) is 1.59. The molecule has 1 N–H and O–H groups in total. The second kappa shape index (κ2) is 10.5. The lowest BCUT2D eigenvalue weighted by Crippen LogP contribution is -2.54. The Morgan fingerprint density at radius 2 is 1.87 bits per heavy atom. The Hall–Kier alpha value is -2.83. The van der Waals surface area contributed by atoms with Crippen LogP contribution >= 0.6 is 11.6 Å². The molecule has 0 unspecified atom stereocenters. The van der Waals surface area contributed by atoms with Crippen molar-refractivity contribution in [2.45, 2.75) is 19.1 Å². The number of carbonyl (C=O) groups is 2. The van der Waals surface area contributed by atoms with Crippen molar-refractivity contribution < 1.29 is 14.3 Å². The van der Waals surface area contributed by atoms with Crippen LogP contribution in [0.4, 0.5) is 0 Å². The van der Waals surface area contributed by atoms with Crippen molar-refractivity contribution in [1.29, 1.82) is 0 Å². The first-order valence-corrected chi connectivity index (χ1v) is 10.7. The summed E-state index contributed by atoms with van der Waals surface area (Å²) in [6.07, 6.45) is 1.14. The Kier molecular flexibility index (Phi) is 7.71. The minimum Gasteiger partial charge on any atom is -0.484 e. The fraction of sp³-hybridized carbons (Fsp3) is 0.333. The van der Waals surface area contributed by atoms with Crippen LogP contribution < -0.4 is 10.1 Å². The van der Waals surface area contributed by atoms with Gasteiger partial charge < -0.3 is 15.0 Å². The molecule has 0 spiro atoms. The van der Waals surface area contributed by atoms with Crippen LogP contribution in [0, 0.1) is 0 Å². The van der Waals surface area contributed by atoms with Crippen molar-refractivity contribution in [2.75, 3.05) is 33.2 Å². The van der Waals surface area contributed by atoms with Gasteiger partial charge in [-0.2, -0.15) is 0 Å². The zero-order valence-corrected chi connectivity index (χ0v) is 18.6. The van der Waals surface area contributed by atoms with Crippen LogP contribution in [0.2, 0.25) is 5.02 Å². The number of nitrogens with one attached hydrogen (secondary N) is 1. The standard InChI is InChI=1S/C24H28ClN3O3/c1-4-23(29)28-14-13-27(15-17(28)2)16-22(18-5-9-20(25)10-6-18)31-21-11-7-19(8-12-21)24(30)26-3/h4-12,17,22H,1,13-16H2,2-3H3,(H,26,30)/t17-,22+/m1/s1. The monoisotopic (exact) mass is 441 g/mol. The third-order valence-corrected chi connectivity index (χ3v) is 5.71. The lowest BCUT2D eigenvalue weighted by atomic mass is 10.1. The van der Waals surface area contributed by atoms with E-state index >= 15 is 0 Å². The van der Waals surface area contributed by atoms with E-state index < -0.39 is 0 Å². The highest BCUT2D eigenvalue weighted by Gasteiger charge is 2.28. The predicted octanol–water partition coefficient (Wildman–Crippen LogP) is 3.54. The molecule has 0 bridgehead atoms. The lowest BCUT2D eigenvalue weighted by molar-refractivity contribution is -0.130. The number of hydrogen-bond donors (Lipinski definition) is 1. The number of amides is 2. The molecular weight excluding hydrogens is 414 g/mol. The molecule has 31 heavy (non-hydrogen) atoms. The first-order valence-electron chi connectivity index (χ1n) is 10.3. The molecule has 0 saturated carbocycles. The lowest BCUT2D eigenvalue weighted by Gasteiger charge is -2.40. The fourth-order valence-electron chi connectivity index (χ4n) is 3.76. The molecule has 164 valence electrons. The van der Waals surface area contributed by atoms with E-state index in [9.17, 15) is 9.59 Å². The third kappa shape index (κ3) is 5.87. The first kappa shape index (κ1) is 22.8. The van der Waals surface area contributed by atoms with E-state index in [0.717, 1.165) is 18.7 Å². The van der Waals surface area contributed by atoms with Crippen molar-refractivity contribution in [2.24, 2.45) is 0 Å². The van der Waals surface area contributed by atoms with Gasteiger partial charge in [-0.05, 0) is 55.0 Å². The summed E-state index contributed by atoms with van der Waals surface area (Å²) in [5, 5.41) is 3.28. The molecule has 7 heteroatoms.